The van der Waals surface area contributed by atoms with Crippen molar-refractivity contribution >= 4 is 5.91 Å². The van der Waals surface area contributed by atoms with Crippen molar-refractivity contribution in [3.05, 3.63) is 35.4 Å². The van der Waals surface area contributed by atoms with Crippen LogP contribution in [0.25, 0.3) is 0 Å². The van der Waals surface area contributed by atoms with Crippen LogP contribution in [0.3, 0.4) is 0 Å². The molecule has 0 saturated carbocycles. The van der Waals surface area contributed by atoms with Gasteiger partial charge in [0.05, 0.1) is 0 Å². The second kappa shape index (κ2) is 5.15. The van der Waals surface area contributed by atoms with Gasteiger partial charge < -0.3 is 5.32 Å². The molecule has 86 valence electrons. The van der Waals surface area contributed by atoms with Crippen LogP contribution in [0, 0.1) is 0 Å². The molecule has 0 bridgehead atoms. The number of fused-ring (bicyclic) bond motifs is 1. The third kappa shape index (κ3) is 2.43. The second-order valence-corrected chi connectivity index (χ2v) is 4.43. The lowest BCUT2D eigenvalue weighted by molar-refractivity contribution is -0.121. The summed E-state index contributed by atoms with van der Waals surface area (Å²) in [6.45, 7) is 2.70. The Kier molecular flexibility index (Phi) is 3.60. The van der Waals surface area contributed by atoms with Gasteiger partial charge in [0, 0.05) is 13.0 Å². The summed E-state index contributed by atoms with van der Waals surface area (Å²) in [5, 5.41) is 2.85. The monoisotopic (exact) mass is 217 g/mol. The molecule has 2 heteroatoms. The molecule has 2 rings (SSSR count). The van der Waals surface area contributed by atoms with Gasteiger partial charge in [0.2, 0.25) is 5.91 Å². The molecule has 1 aromatic carbocycles. The van der Waals surface area contributed by atoms with Crippen molar-refractivity contribution in [2.24, 2.45) is 0 Å². The van der Waals surface area contributed by atoms with E-state index < -0.39 is 0 Å². The molecule has 0 fully saturated rings. The van der Waals surface area contributed by atoms with Crippen LogP contribution in [-0.2, 0) is 11.2 Å². The van der Waals surface area contributed by atoms with E-state index in [1.165, 1.54) is 24.0 Å². The van der Waals surface area contributed by atoms with E-state index >= 15 is 0 Å². The van der Waals surface area contributed by atoms with E-state index in [2.05, 4.69) is 29.6 Å². The van der Waals surface area contributed by atoms with Gasteiger partial charge in [-0.25, -0.2) is 0 Å². The molecule has 1 unspecified atom stereocenters. The Bertz CT molecular complexity index is 373. The summed E-state index contributed by atoms with van der Waals surface area (Å²) < 4.78 is 0. The Morgan fingerprint density at radius 1 is 1.44 bits per heavy atom. The van der Waals surface area contributed by atoms with E-state index in [0.717, 1.165) is 13.0 Å². The van der Waals surface area contributed by atoms with E-state index in [0.29, 0.717) is 12.3 Å². The van der Waals surface area contributed by atoms with Gasteiger partial charge in [0.15, 0.2) is 0 Å². The molecule has 1 atom stereocenters. The molecule has 0 spiro atoms. The molecule has 1 aliphatic rings. The lowest BCUT2D eigenvalue weighted by atomic mass is 9.96. The topological polar surface area (TPSA) is 29.1 Å². The summed E-state index contributed by atoms with van der Waals surface area (Å²) in [4.78, 5) is 11.4. The van der Waals surface area contributed by atoms with Gasteiger partial charge >= 0.3 is 0 Å². The van der Waals surface area contributed by atoms with Crippen molar-refractivity contribution in [1.82, 2.24) is 5.32 Å². The number of aryl methyl sites for hydroxylation is 1. The Hall–Kier alpha value is -1.31. The first-order valence-corrected chi connectivity index (χ1v) is 6.15. The number of nitrogens with one attached hydrogen (secondary N) is 1. The largest absolute Gasteiger partial charge is 0.356 e. The lowest BCUT2D eigenvalue weighted by Gasteiger charge is -2.10. The van der Waals surface area contributed by atoms with Crippen LogP contribution in [0.2, 0.25) is 0 Å². The van der Waals surface area contributed by atoms with Crippen LogP contribution in [-0.4, -0.2) is 12.5 Å². The number of benzene rings is 1. The van der Waals surface area contributed by atoms with E-state index in [1.54, 1.807) is 0 Å². The summed E-state index contributed by atoms with van der Waals surface area (Å²) in [5.74, 6) is 0.783. The normalized spacial score (nSPS) is 18.2. The summed E-state index contributed by atoms with van der Waals surface area (Å²) in [6, 6.07) is 8.63. The Morgan fingerprint density at radius 2 is 2.25 bits per heavy atom. The van der Waals surface area contributed by atoms with Crippen LogP contribution in [0.15, 0.2) is 24.3 Å². The standard InChI is InChI=1S/C14H19NO/c1-2-15-14(16)10-9-12-8-7-11-5-3-4-6-13(11)12/h3-6,12H,2,7-10H2,1H3,(H,15,16). The maximum absolute atomic E-state index is 11.4. The zero-order valence-electron chi connectivity index (χ0n) is 9.83. The predicted octanol–water partition coefficient (Wildman–Crippen LogP) is 2.63. The van der Waals surface area contributed by atoms with Gasteiger partial charge in [-0.05, 0) is 43.2 Å². The molecular weight excluding hydrogens is 198 g/mol. The van der Waals surface area contributed by atoms with Gasteiger partial charge in [0.1, 0.15) is 0 Å². The molecular formula is C14H19NO. The third-order valence-corrected chi connectivity index (χ3v) is 3.35. The van der Waals surface area contributed by atoms with Gasteiger partial charge in [-0.3, -0.25) is 4.79 Å². The highest BCUT2D eigenvalue weighted by Gasteiger charge is 2.21. The number of amides is 1. The Balaban J connectivity index is 1.91. The minimum atomic E-state index is 0.187. The highest BCUT2D eigenvalue weighted by Crippen LogP contribution is 2.35. The maximum atomic E-state index is 11.4. The minimum Gasteiger partial charge on any atom is -0.356 e. The highest BCUT2D eigenvalue weighted by molar-refractivity contribution is 5.75. The molecule has 2 nitrogen and oxygen atoms in total. The fraction of sp³-hybridized carbons (Fsp3) is 0.500. The van der Waals surface area contributed by atoms with Gasteiger partial charge in [-0.15, -0.1) is 0 Å². The number of rotatable bonds is 4. The molecule has 0 radical (unpaired) electrons. The lowest BCUT2D eigenvalue weighted by Crippen LogP contribution is -2.22. The van der Waals surface area contributed by atoms with Crippen molar-refractivity contribution < 1.29 is 4.79 Å². The van der Waals surface area contributed by atoms with Crippen molar-refractivity contribution in [2.75, 3.05) is 6.54 Å². The van der Waals surface area contributed by atoms with Crippen molar-refractivity contribution in [3.63, 3.8) is 0 Å². The number of carbonyl (C=O) groups is 1. The second-order valence-electron chi connectivity index (χ2n) is 4.43. The van der Waals surface area contributed by atoms with Crippen LogP contribution in [0.1, 0.15) is 43.2 Å². The minimum absolute atomic E-state index is 0.187. The Labute approximate surface area is 97.1 Å². The fourth-order valence-corrected chi connectivity index (χ4v) is 2.54. The average molecular weight is 217 g/mol. The number of hydrogen-bond donors (Lipinski definition) is 1. The zero-order valence-corrected chi connectivity index (χ0v) is 9.83. The summed E-state index contributed by atoms with van der Waals surface area (Å²) >= 11 is 0. The fourth-order valence-electron chi connectivity index (χ4n) is 2.54. The van der Waals surface area contributed by atoms with Crippen molar-refractivity contribution in [2.45, 2.75) is 38.5 Å². The van der Waals surface area contributed by atoms with E-state index in [9.17, 15) is 4.79 Å². The summed E-state index contributed by atoms with van der Waals surface area (Å²) in [5.41, 5.74) is 2.94. The highest BCUT2D eigenvalue weighted by atomic mass is 16.1. The smallest absolute Gasteiger partial charge is 0.220 e. The molecule has 0 saturated heterocycles. The first-order valence-electron chi connectivity index (χ1n) is 6.15. The van der Waals surface area contributed by atoms with E-state index in [4.69, 9.17) is 0 Å². The average Bonchev–Trinajstić information content (AvgIpc) is 2.70. The van der Waals surface area contributed by atoms with Gasteiger partial charge in [0.25, 0.3) is 0 Å². The molecule has 0 aromatic heterocycles. The first kappa shape index (κ1) is 11.2. The summed E-state index contributed by atoms with van der Waals surface area (Å²) in [6.07, 6.45) is 4.03. The molecule has 0 heterocycles. The van der Waals surface area contributed by atoms with Crippen LogP contribution in [0.5, 0.6) is 0 Å². The molecule has 1 aromatic rings. The van der Waals surface area contributed by atoms with Crippen LogP contribution >= 0.6 is 0 Å². The molecule has 16 heavy (non-hydrogen) atoms. The number of carbonyl (C=O) groups excluding carboxylic acids is 1. The van der Waals surface area contributed by atoms with E-state index in [-0.39, 0.29) is 5.91 Å². The first-order chi connectivity index (χ1) is 7.81. The SMILES string of the molecule is CCNC(=O)CCC1CCc2ccccc21. The van der Waals surface area contributed by atoms with Crippen molar-refractivity contribution in [1.29, 1.82) is 0 Å². The molecule has 0 aliphatic heterocycles. The molecule has 1 aliphatic carbocycles. The third-order valence-electron chi connectivity index (χ3n) is 3.35. The van der Waals surface area contributed by atoms with Crippen LogP contribution in [0.4, 0.5) is 0 Å². The maximum Gasteiger partial charge on any atom is 0.220 e. The van der Waals surface area contributed by atoms with Crippen molar-refractivity contribution in [3.8, 4) is 0 Å². The van der Waals surface area contributed by atoms with Gasteiger partial charge in [-0.2, -0.15) is 0 Å². The predicted molar refractivity (Wildman–Crippen MR) is 65.4 cm³/mol. The van der Waals surface area contributed by atoms with Crippen LogP contribution < -0.4 is 5.32 Å². The summed E-state index contributed by atoms with van der Waals surface area (Å²) in [7, 11) is 0. The molecule has 1 N–H and O–H groups in total. The quantitative estimate of drug-likeness (QED) is 0.825. The zero-order chi connectivity index (χ0) is 11.4. The Morgan fingerprint density at radius 3 is 3.06 bits per heavy atom. The van der Waals surface area contributed by atoms with E-state index in [1.807, 2.05) is 6.92 Å². The molecule has 1 amide bonds. The van der Waals surface area contributed by atoms with Gasteiger partial charge in [-0.1, -0.05) is 24.3 Å². The number of hydrogen-bond acceptors (Lipinski definition) is 1.